The highest BCUT2D eigenvalue weighted by Crippen LogP contribution is 2.23. The molecule has 2 aliphatic heterocycles. The number of hydrogen-bond donors (Lipinski definition) is 3. The Morgan fingerprint density at radius 3 is 2.77 bits per heavy atom. The van der Waals surface area contributed by atoms with E-state index in [4.69, 9.17) is 0 Å². The number of pyridine rings is 1. The zero-order valence-electron chi connectivity index (χ0n) is 17.4. The number of likely N-dealkylation sites (tertiary alicyclic amines) is 1. The van der Waals surface area contributed by atoms with Crippen LogP contribution < -0.4 is 10.6 Å². The molecule has 3 N–H and O–H groups in total. The zero-order valence-corrected chi connectivity index (χ0v) is 17.4. The van der Waals surface area contributed by atoms with Crippen LogP contribution in [-0.4, -0.2) is 59.0 Å². The summed E-state index contributed by atoms with van der Waals surface area (Å²) >= 11 is 0. The summed E-state index contributed by atoms with van der Waals surface area (Å²) in [6.45, 7) is 3.15. The molecule has 0 spiro atoms. The van der Waals surface area contributed by atoms with Gasteiger partial charge in [0.2, 0.25) is 11.8 Å². The molecule has 8 heteroatoms. The number of carbonyl (C=O) groups is 3. The predicted molar refractivity (Wildman–Crippen MR) is 112 cm³/mol. The largest absolute Gasteiger partial charge is 0.481 e. The summed E-state index contributed by atoms with van der Waals surface area (Å²) in [4.78, 5) is 42.7. The molecule has 1 aromatic rings. The maximum atomic E-state index is 12.9. The van der Waals surface area contributed by atoms with Crippen molar-refractivity contribution in [3.8, 4) is 0 Å². The average molecular weight is 417 g/mol. The fraction of sp³-hybridized carbons (Fsp3) is 0.636. The summed E-state index contributed by atoms with van der Waals surface area (Å²) in [5.74, 6) is -0.756. The van der Waals surface area contributed by atoms with Gasteiger partial charge in [-0.2, -0.15) is 0 Å². The molecule has 0 saturated carbocycles. The van der Waals surface area contributed by atoms with Crippen LogP contribution in [0.2, 0.25) is 0 Å². The summed E-state index contributed by atoms with van der Waals surface area (Å²) in [5.41, 5.74) is 0.666. The molecule has 1 aromatic heterocycles. The maximum absolute atomic E-state index is 12.9. The molecule has 164 valence electrons. The third-order valence-corrected chi connectivity index (χ3v) is 6.15. The van der Waals surface area contributed by atoms with E-state index in [0.29, 0.717) is 37.4 Å². The van der Waals surface area contributed by atoms with Crippen molar-refractivity contribution in [2.45, 2.75) is 51.0 Å². The lowest BCUT2D eigenvalue weighted by atomic mass is 9.92. The number of aliphatic carboxylic acids is 1. The van der Waals surface area contributed by atoms with Crippen LogP contribution in [0.15, 0.2) is 24.5 Å². The van der Waals surface area contributed by atoms with E-state index in [1.807, 2.05) is 4.90 Å². The van der Waals surface area contributed by atoms with Crippen molar-refractivity contribution in [2.24, 2.45) is 11.8 Å². The van der Waals surface area contributed by atoms with Crippen LogP contribution in [0.25, 0.3) is 0 Å². The van der Waals surface area contributed by atoms with Crippen LogP contribution in [0, 0.1) is 11.8 Å². The van der Waals surface area contributed by atoms with Gasteiger partial charge in [-0.15, -0.1) is 0 Å². The monoisotopic (exact) mass is 416 g/mol. The molecule has 3 rings (SSSR count). The topological polar surface area (TPSA) is 112 Å². The molecule has 2 saturated heterocycles. The fourth-order valence-corrected chi connectivity index (χ4v) is 4.37. The van der Waals surface area contributed by atoms with E-state index in [9.17, 15) is 19.5 Å². The second-order valence-corrected chi connectivity index (χ2v) is 8.36. The predicted octanol–water partition coefficient (Wildman–Crippen LogP) is 1.73. The molecule has 30 heavy (non-hydrogen) atoms. The number of hydrogen-bond acceptors (Lipinski definition) is 5. The Balaban J connectivity index is 1.53. The molecule has 1 unspecified atom stereocenters. The van der Waals surface area contributed by atoms with Gasteiger partial charge in [-0.3, -0.25) is 19.4 Å². The summed E-state index contributed by atoms with van der Waals surface area (Å²) in [5, 5.41) is 15.4. The van der Waals surface area contributed by atoms with Gasteiger partial charge in [0.25, 0.3) is 0 Å². The Hall–Kier alpha value is -2.48. The number of rotatable bonds is 8. The highest BCUT2D eigenvalue weighted by molar-refractivity contribution is 5.82. The van der Waals surface area contributed by atoms with E-state index in [-0.39, 0.29) is 24.2 Å². The van der Waals surface area contributed by atoms with E-state index < -0.39 is 12.0 Å². The first kappa shape index (κ1) is 22.2. The number of nitrogens with zero attached hydrogens (tertiary/aromatic N) is 2. The molecule has 2 aliphatic rings. The van der Waals surface area contributed by atoms with Gasteiger partial charge in [0.15, 0.2) is 0 Å². The highest BCUT2D eigenvalue weighted by Gasteiger charge is 2.30. The number of carboxylic acid groups (broad SMARTS) is 1. The second-order valence-electron chi connectivity index (χ2n) is 8.36. The lowest BCUT2D eigenvalue weighted by Crippen LogP contribution is -2.46. The minimum atomic E-state index is -0.984. The van der Waals surface area contributed by atoms with Crippen molar-refractivity contribution >= 4 is 17.8 Å². The van der Waals surface area contributed by atoms with Gasteiger partial charge in [0, 0.05) is 31.9 Å². The SMILES string of the molecule is O=C(O)C[C@H](NC(=O)C1CCCN(C(=O)CCC2CCNCC2)C1)c1cccnc1. The molecule has 2 atom stereocenters. The van der Waals surface area contributed by atoms with Gasteiger partial charge in [0.05, 0.1) is 18.4 Å². The van der Waals surface area contributed by atoms with Gasteiger partial charge in [0.1, 0.15) is 0 Å². The standard InChI is InChI=1S/C22H32N4O4/c27-20(6-5-16-7-10-23-11-8-16)26-12-2-4-18(15-26)22(30)25-19(13-21(28)29)17-3-1-9-24-14-17/h1,3,9,14,16,18-19,23H,2,4-8,10-13,15H2,(H,25,30)(H,28,29)/t18?,19-/m0/s1. The Labute approximate surface area is 177 Å². The number of carbonyl (C=O) groups excluding carboxylic acids is 2. The molecule has 0 bridgehead atoms. The molecule has 0 radical (unpaired) electrons. The smallest absolute Gasteiger partial charge is 0.305 e. The van der Waals surface area contributed by atoms with E-state index in [1.54, 1.807) is 24.5 Å². The number of carboxylic acids is 1. The quantitative estimate of drug-likeness (QED) is 0.595. The van der Waals surface area contributed by atoms with Gasteiger partial charge in [-0.1, -0.05) is 6.07 Å². The summed E-state index contributed by atoms with van der Waals surface area (Å²) in [7, 11) is 0. The fourth-order valence-electron chi connectivity index (χ4n) is 4.37. The van der Waals surface area contributed by atoms with E-state index >= 15 is 0 Å². The van der Waals surface area contributed by atoms with Crippen LogP contribution in [0.1, 0.15) is 56.6 Å². The molecule has 2 fully saturated rings. The average Bonchev–Trinajstić information content (AvgIpc) is 2.78. The van der Waals surface area contributed by atoms with Crippen LogP contribution in [0.5, 0.6) is 0 Å². The van der Waals surface area contributed by atoms with Crippen LogP contribution in [0.4, 0.5) is 0 Å². The Morgan fingerprint density at radius 2 is 2.07 bits per heavy atom. The Morgan fingerprint density at radius 1 is 1.27 bits per heavy atom. The van der Waals surface area contributed by atoms with Crippen LogP contribution >= 0.6 is 0 Å². The normalized spacial score (nSPS) is 21.1. The van der Waals surface area contributed by atoms with Crippen LogP contribution in [0.3, 0.4) is 0 Å². The summed E-state index contributed by atoms with van der Waals surface area (Å²) in [6, 6.07) is 2.85. The lowest BCUT2D eigenvalue weighted by molar-refractivity contribution is -0.138. The minimum absolute atomic E-state index is 0.125. The number of piperidine rings is 2. The molecular formula is C22H32N4O4. The van der Waals surface area contributed by atoms with Crippen molar-refractivity contribution in [3.05, 3.63) is 30.1 Å². The number of nitrogens with one attached hydrogen (secondary N) is 2. The van der Waals surface area contributed by atoms with Crippen molar-refractivity contribution in [1.82, 2.24) is 20.5 Å². The van der Waals surface area contributed by atoms with Crippen molar-refractivity contribution in [3.63, 3.8) is 0 Å². The van der Waals surface area contributed by atoms with Gasteiger partial charge in [-0.05, 0) is 62.7 Å². The molecular weight excluding hydrogens is 384 g/mol. The zero-order chi connectivity index (χ0) is 21.3. The minimum Gasteiger partial charge on any atom is -0.481 e. The van der Waals surface area contributed by atoms with E-state index in [2.05, 4.69) is 15.6 Å². The summed E-state index contributed by atoms with van der Waals surface area (Å²) < 4.78 is 0. The summed E-state index contributed by atoms with van der Waals surface area (Å²) in [6.07, 6.45) is 8.16. The first-order valence-corrected chi connectivity index (χ1v) is 10.9. The lowest BCUT2D eigenvalue weighted by Gasteiger charge is -2.33. The first-order valence-electron chi connectivity index (χ1n) is 10.9. The van der Waals surface area contributed by atoms with Gasteiger partial charge < -0.3 is 20.6 Å². The molecule has 8 nitrogen and oxygen atoms in total. The third-order valence-electron chi connectivity index (χ3n) is 6.15. The van der Waals surface area contributed by atoms with Gasteiger partial charge in [-0.25, -0.2) is 0 Å². The number of amides is 2. The molecule has 0 aromatic carbocycles. The molecule has 2 amide bonds. The molecule has 3 heterocycles. The first-order chi connectivity index (χ1) is 14.5. The van der Waals surface area contributed by atoms with Crippen molar-refractivity contribution in [1.29, 1.82) is 0 Å². The Bertz CT molecular complexity index is 721. The van der Waals surface area contributed by atoms with Crippen molar-refractivity contribution in [2.75, 3.05) is 26.2 Å². The van der Waals surface area contributed by atoms with Gasteiger partial charge >= 0.3 is 5.97 Å². The van der Waals surface area contributed by atoms with E-state index in [1.165, 1.54) is 0 Å². The number of aromatic nitrogens is 1. The highest BCUT2D eigenvalue weighted by atomic mass is 16.4. The maximum Gasteiger partial charge on any atom is 0.305 e. The van der Waals surface area contributed by atoms with Crippen LogP contribution in [-0.2, 0) is 14.4 Å². The van der Waals surface area contributed by atoms with E-state index in [0.717, 1.165) is 38.8 Å². The third kappa shape index (κ3) is 6.52. The Kier molecular flexibility index (Phi) is 8.19. The molecule has 0 aliphatic carbocycles. The van der Waals surface area contributed by atoms with Crippen molar-refractivity contribution < 1.29 is 19.5 Å². The second kappa shape index (κ2) is 11.1.